The van der Waals surface area contributed by atoms with E-state index in [1.807, 2.05) is 31.2 Å². The highest BCUT2D eigenvalue weighted by molar-refractivity contribution is 6.10. The second-order valence-electron chi connectivity index (χ2n) is 5.20. The molecule has 2 aliphatic rings. The molecule has 2 atom stereocenters. The van der Waals surface area contributed by atoms with Crippen molar-refractivity contribution >= 4 is 23.2 Å². The molecule has 0 spiro atoms. The number of ether oxygens (including phenoxy) is 1. The summed E-state index contributed by atoms with van der Waals surface area (Å²) in [6, 6.07) is 7.40. The Bertz CT molecular complexity index is 544. The number of nitrogens with zero attached hydrogens (tertiary/aromatic N) is 1. The first-order valence-electron chi connectivity index (χ1n) is 7.02. The molecule has 1 aromatic rings. The molecule has 5 heteroatoms. The van der Waals surface area contributed by atoms with Crippen LogP contribution in [0.15, 0.2) is 24.3 Å². The lowest BCUT2D eigenvalue weighted by Gasteiger charge is -2.32. The SMILES string of the molecule is CCC1OCCC1C(=O)N1CC(=O)Nc2ccccc21. The Morgan fingerprint density at radius 2 is 2.25 bits per heavy atom. The van der Waals surface area contributed by atoms with Crippen molar-refractivity contribution in [1.29, 1.82) is 0 Å². The van der Waals surface area contributed by atoms with Crippen molar-refractivity contribution in [1.82, 2.24) is 0 Å². The number of carbonyl (C=O) groups is 2. The maximum Gasteiger partial charge on any atom is 0.244 e. The molecule has 106 valence electrons. The molecule has 0 aliphatic carbocycles. The molecule has 1 saturated heterocycles. The first-order chi connectivity index (χ1) is 9.70. The third kappa shape index (κ3) is 2.18. The molecule has 0 saturated carbocycles. The van der Waals surface area contributed by atoms with Gasteiger partial charge in [-0.2, -0.15) is 0 Å². The Morgan fingerprint density at radius 3 is 3.05 bits per heavy atom. The zero-order valence-electron chi connectivity index (χ0n) is 11.5. The molecule has 2 amide bonds. The van der Waals surface area contributed by atoms with Gasteiger partial charge in [-0.15, -0.1) is 0 Å². The number of amides is 2. The van der Waals surface area contributed by atoms with E-state index < -0.39 is 0 Å². The fourth-order valence-corrected chi connectivity index (χ4v) is 2.96. The Morgan fingerprint density at radius 1 is 1.45 bits per heavy atom. The van der Waals surface area contributed by atoms with Crippen molar-refractivity contribution in [2.24, 2.45) is 5.92 Å². The van der Waals surface area contributed by atoms with Crippen LogP contribution in [-0.2, 0) is 14.3 Å². The average Bonchev–Trinajstić information content (AvgIpc) is 2.94. The number of benzene rings is 1. The van der Waals surface area contributed by atoms with E-state index in [2.05, 4.69) is 5.32 Å². The van der Waals surface area contributed by atoms with Crippen molar-refractivity contribution in [3.05, 3.63) is 24.3 Å². The molecule has 5 nitrogen and oxygen atoms in total. The van der Waals surface area contributed by atoms with Gasteiger partial charge in [-0.05, 0) is 25.0 Å². The predicted molar refractivity (Wildman–Crippen MR) is 75.6 cm³/mol. The molecule has 1 fully saturated rings. The van der Waals surface area contributed by atoms with Crippen molar-refractivity contribution in [2.75, 3.05) is 23.4 Å². The maximum absolute atomic E-state index is 12.7. The Balaban J connectivity index is 1.90. The van der Waals surface area contributed by atoms with Gasteiger partial charge < -0.3 is 15.0 Å². The van der Waals surface area contributed by atoms with Gasteiger partial charge in [-0.3, -0.25) is 9.59 Å². The summed E-state index contributed by atoms with van der Waals surface area (Å²) in [5.74, 6) is -0.292. The third-order valence-corrected chi connectivity index (χ3v) is 3.97. The van der Waals surface area contributed by atoms with E-state index >= 15 is 0 Å². The molecule has 20 heavy (non-hydrogen) atoms. The molecular formula is C15H18N2O3. The lowest BCUT2D eigenvalue weighted by Crippen LogP contribution is -2.46. The van der Waals surface area contributed by atoms with Crippen LogP contribution in [0.2, 0.25) is 0 Å². The van der Waals surface area contributed by atoms with Crippen LogP contribution in [0.3, 0.4) is 0 Å². The molecule has 0 radical (unpaired) electrons. The molecule has 2 heterocycles. The number of para-hydroxylation sites is 2. The second kappa shape index (κ2) is 5.25. The van der Waals surface area contributed by atoms with E-state index in [-0.39, 0.29) is 30.4 Å². The van der Waals surface area contributed by atoms with Gasteiger partial charge in [0.2, 0.25) is 11.8 Å². The van der Waals surface area contributed by atoms with Gasteiger partial charge in [0.05, 0.1) is 23.4 Å². The number of hydrogen-bond acceptors (Lipinski definition) is 3. The van der Waals surface area contributed by atoms with Crippen LogP contribution in [0.1, 0.15) is 19.8 Å². The number of carbonyl (C=O) groups excluding carboxylic acids is 2. The van der Waals surface area contributed by atoms with Crippen LogP contribution in [0.25, 0.3) is 0 Å². The lowest BCUT2D eigenvalue weighted by atomic mass is 9.97. The van der Waals surface area contributed by atoms with Crippen LogP contribution >= 0.6 is 0 Å². The van der Waals surface area contributed by atoms with Crippen LogP contribution in [-0.4, -0.2) is 31.1 Å². The van der Waals surface area contributed by atoms with Crippen molar-refractivity contribution in [2.45, 2.75) is 25.9 Å². The van der Waals surface area contributed by atoms with E-state index in [4.69, 9.17) is 4.74 Å². The van der Waals surface area contributed by atoms with Crippen molar-refractivity contribution < 1.29 is 14.3 Å². The number of rotatable bonds is 2. The largest absolute Gasteiger partial charge is 0.377 e. The number of fused-ring (bicyclic) bond motifs is 1. The summed E-state index contributed by atoms with van der Waals surface area (Å²) in [4.78, 5) is 26.1. The quantitative estimate of drug-likeness (QED) is 0.894. The lowest BCUT2D eigenvalue weighted by molar-refractivity contribution is -0.126. The van der Waals surface area contributed by atoms with Gasteiger partial charge in [0, 0.05) is 6.61 Å². The van der Waals surface area contributed by atoms with Crippen molar-refractivity contribution in [3.8, 4) is 0 Å². The summed E-state index contributed by atoms with van der Waals surface area (Å²) in [7, 11) is 0. The minimum absolute atomic E-state index is 0.00310. The van der Waals surface area contributed by atoms with E-state index in [1.54, 1.807) is 4.90 Å². The topological polar surface area (TPSA) is 58.6 Å². The smallest absolute Gasteiger partial charge is 0.244 e. The highest BCUT2D eigenvalue weighted by Crippen LogP contribution is 2.33. The second-order valence-corrected chi connectivity index (χ2v) is 5.20. The normalized spacial score (nSPS) is 25.2. The van der Waals surface area contributed by atoms with E-state index in [9.17, 15) is 9.59 Å². The molecule has 3 rings (SSSR count). The van der Waals surface area contributed by atoms with Gasteiger partial charge in [0.25, 0.3) is 0 Å². The molecule has 0 bridgehead atoms. The van der Waals surface area contributed by atoms with Gasteiger partial charge in [0.1, 0.15) is 6.54 Å². The standard InChI is InChI=1S/C15H18N2O3/c1-2-13-10(7-8-20-13)15(19)17-9-14(18)16-11-5-3-4-6-12(11)17/h3-6,10,13H,2,7-9H2,1H3,(H,16,18). The molecule has 1 N–H and O–H groups in total. The summed E-state index contributed by atoms with van der Waals surface area (Å²) >= 11 is 0. The fourth-order valence-electron chi connectivity index (χ4n) is 2.96. The maximum atomic E-state index is 12.7. The molecular weight excluding hydrogens is 256 g/mol. The van der Waals surface area contributed by atoms with Crippen LogP contribution in [0.4, 0.5) is 11.4 Å². The average molecular weight is 274 g/mol. The first kappa shape index (κ1) is 13.1. The minimum atomic E-state index is -0.149. The summed E-state index contributed by atoms with van der Waals surface area (Å²) < 4.78 is 5.59. The highest BCUT2D eigenvalue weighted by atomic mass is 16.5. The molecule has 2 aliphatic heterocycles. The fraction of sp³-hybridized carbons (Fsp3) is 0.467. The third-order valence-electron chi connectivity index (χ3n) is 3.97. The Hall–Kier alpha value is -1.88. The molecule has 2 unspecified atom stereocenters. The highest BCUT2D eigenvalue weighted by Gasteiger charge is 2.38. The zero-order chi connectivity index (χ0) is 14.1. The first-order valence-corrected chi connectivity index (χ1v) is 7.02. The summed E-state index contributed by atoms with van der Waals surface area (Å²) in [6.07, 6.45) is 1.52. The summed E-state index contributed by atoms with van der Waals surface area (Å²) in [5.41, 5.74) is 1.47. The minimum Gasteiger partial charge on any atom is -0.377 e. The predicted octanol–water partition coefficient (Wildman–Crippen LogP) is 1.79. The van der Waals surface area contributed by atoms with Crippen LogP contribution in [0, 0.1) is 5.92 Å². The molecule has 0 aromatic heterocycles. The van der Waals surface area contributed by atoms with E-state index in [0.717, 1.165) is 18.5 Å². The summed E-state index contributed by atoms with van der Waals surface area (Å²) in [6.45, 7) is 2.73. The van der Waals surface area contributed by atoms with Gasteiger partial charge in [0.15, 0.2) is 0 Å². The number of nitrogens with one attached hydrogen (secondary N) is 1. The Kier molecular flexibility index (Phi) is 3.44. The van der Waals surface area contributed by atoms with Gasteiger partial charge >= 0.3 is 0 Å². The van der Waals surface area contributed by atoms with Crippen LogP contribution in [0.5, 0.6) is 0 Å². The van der Waals surface area contributed by atoms with Gasteiger partial charge in [-0.25, -0.2) is 0 Å². The van der Waals surface area contributed by atoms with Gasteiger partial charge in [-0.1, -0.05) is 19.1 Å². The summed E-state index contributed by atoms with van der Waals surface area (Å²) in [5, 5.41) is 2.80. The number of anilines is 2. The van der Waals surface area contributed by atoms with E-state index in [0.29, 0.717) is 12.3 Å². The zero-order valence-corrected chi connectivity index (χ0v) is 11.5. The molecule has 1 aromatic carbocycles. The van der Waals surface area contributed by atoms with E-state index in [1.165, 1.54) is 0 Å². The van der Waals surface area contributed by atoms with Crippen molar-refractivity contribution in [3.63, 3.8) is 0 Å². The monoisotopic (exact) mass is 274 g/mol. The number of hydrogen-bond donors (Lipinski definition) is 1. The van der Waals surface area contributed by atoms with Crippen LogP contribution < -0.4 is 10.2 Å². The Labute approximate surface area is 117 Å².